The molecule has 0 spiro atoms. The second-order valence-electron chi connectivity index (χ2n) is 6.60. The fourth-order valence-corrected chi connectivity index (χ4v) is 3.90. The zero-order valence-corrected chi connectivity index (χ0v) is 14.0. The average Bonchev–Trinajstić information content (AvgIpc) is 3.10. The zero-order chi connectivity index (χ0) is 17.1. The SMILES string of the molecule is O=C(c1cccnc1)N1CCO[C@@H]2[C@@H](CNc3cccnc3)CC[C@H]21. The first-order chi connectivity index (χ1) is 12.3. The van der Waals surface area contributed by atoms with Gasteiger partial charge in [0.15, 0.2) is 0 Å². The maximum Gasteiger partial charge on any atom is 0.255 e. The van der Waals surface area contributed by atoms with Crippen molar-refractivity contribution in [3.05, 3.63) is 54.6 Å². The lowest BCUT2D eigenvalue weighted by Crippen LogP contribution is -2.53. The molecule has 6 nitrogen and oxygen atoms in total. The molecule has 2 aromatic heterocycles. The van der Waals surface area contributed by atoms with Crippen molar-refractivity contribution in [1.29, 1.82) is 0 Å². The Kier molecular flexibility index (Phi) is 4.61. The first-order valence-corrected chi connectivity index (χ1v) is 8.79. The van der Waals surface area contributed by atoms with E-state index in [2.05, 4.69) is 15.3 Å². The van der Waals surface area contributed by atoms with Crippen LogP contribution in [0.5, 0.6) is 0 Å². The summed E-state index contributed by atoms with van der Waals surface area (Å²) in [5.74, 6) is 0.460. The van der Waals surface area contributed by atoms with E-state index in [1.807, 2.05) is 29.3 Å². The highest BCUT2D eigenvalue weighted by Gasteiger charge is 2.44. The van der Waals surface area contributed by atoms with Crippen molar-refractivity contribution in [3.8, 4) is 0 Å². The van der Waals surface area contributed by atoms with Gasteiger partial charge in [0.2, 0.25) is 0 Å². The second kappa shape index (κ2) is 7.19. The van der Waals surface area contributed by atoms with Crippen LogP contribution in [0.4, 0.5) is 5.69 Å². The van der Waals surface area contributed by atoms with Gasteiger partial charge in [-0.3, -0.25) is 14.8 Å². The third-order valence-electron chi connectivity index (χ3n) is 5.12. The summed E-state index contributed by atoms with van der Waals surface area (Å²) >= 11 is 0. The number of nitrogens with zero attached hydrogens (tertiary/aromatic N) is 3. The van der Waals surface area contributed by atoms with Crippen molar-refractivity contribution in [2.24, 2.45) is 5.92 Å². The van der Waals surface area contributed by atoms with Crippen molar-refractivity contribution in [2.45, 2.75) is 25.0 Å². The fraction of sp³-hybridized carbons (Fsp3) is 0.421. The summed E-state index contributed by atoms with van der Waals surface area (Å²) in [4.78, 5) is 23.0. The molecule has 2 aromatic rings. The number of rotatable bonds is 4. The topological polar surface area (TPSA) is 67.4 Å². The third-order valence-corrected chi connectivity index (χ3v) is 5.12. The van der Waals surface area contributed by atoms with Gasteiger partial charge in [-0.05, 0) is 37.1 Å². The Balaban J connectivity index is 1.42. The van der Waals surface area contributed by atoms with Crippen LogP contribution in [0.15, 0.2) is 49.1 Å². The lowest BCUT2D eigenvalue weighted by molar-refractivity contribution is -0.0602. The normalized spacial score (nSPS) is 25.4. The number of hydrogen-bond donors (Lipinski definition) is 1. The van der Waals surface area contributed by atoms with E-state index in [9.17, 15) is 4.79 Å². The van der Waals surface area contributed by atoms with Gasteiger partial charge in [0, 0.05) is 43.8 Å². The maximum absolute atomic E-state index is 12.8. The van der Waals surface area contributed by atoms with E-state index in [4.69, 9.17) is 4.74 Å². The quantitative estimate of drug-likeness (QED) is 0.926. The Morgan fingerprint density at radius 2 is 2.04 bits per heavy atom. The molecule has 6 heteroatoms. The molecule has 130 valence electrons. The molecule has 0 radical (unpaired) electrons. The Morgan fingerprint density at radius 1 is 1.20 bits per heavy atom. The van der Waals surface area contributed by atoms with Crippen LogP contribution in [-0.2, 0) is 4.74 Å². The van der Waals surface area contributed by atoms with Crippen LogP contribution in [0.25, 0.3) is 0 Å². The summed E-state index contributed by atoms with van der Waals surface area (Å²) in [7, 11) is 0. The van der Waals surface area contributed by atoms with Gasteiger partial charge >= 0.3 is 0 Å². The van der Waals surface area contributed by atoms with E-state index in [-0.39, 0.29) is 18.1 Å². The van der Waals surface area contributed by atoms with E-state index in [0.717, 1.165) is 25.1 Å². The predicted octanol–water partition coefficient (Wildman–Crippen LogP) is 2.21. The monoisotopic (exact) mass is 338 g/mol. The summed E-state index contributed by atoms with van der Waals surface area (Å²) in [6.45, 7) is 2.08. The standard InChI is InChI=1S/C19H22N4O2/c24-19(15-3-1-7-20-11-15)23-9-10-25-18-14(5-6-17(18)23)12-22-16-4-2-8-21-13-16/h1-4,7-8,11,13-14,17-18,22H,5-6,9-10,12H2/t14-,17-,18-/m1/s1. The molecular weight excluding hydrogens is 316 g/mol. The minimum Gasteiger partial charge on any atom is -0.383 e. The minimum atomic E-state index is 0.0623. The largest absolute Gasteiger partial charge is 0.383 e. The molecule has 4 rings (SSSR count). The highest BCUT2D eigenvalue weighted by atomic mass is 16.5. The molecule has 1 saturated heterocycles. The van der Waals surface area contributed by atoms with E-state index in [0.29, 0.717) is 24.6 Å². The van der Waals surface area contributed by atoms with Gasteiger partial charge in [0.1, 0.15) is 0 Å². The van der Waals surface area contributed by atoms with E-state index in [1.165, 1.54) is 0 Å². The van der Waals surface area contributed by atoms with Gasteiger partial charge in [-0.1, -0.05) is 0 Å². The first kappa shape index (κ1) is 16.0. The predicted molar refractivity (Wildman–Crippen MR) is 94.3 cm³/mol. The summed E-state index contributed by atoms with van der Waals surface area (Å²) in [6, 6.07) is 7.73. The zero-order valence-electron chi connectivity index (χ0n) is 14.0. The number of ether oxygens (including phenoxy) is 1. The van der Waals surface area contributed by atoms with E-state index < -0.39 is 0 Å². The van der Waals surface area contributed by atoms with E-state index >= 15 is 0 Å². The molecule has 0 unspecified atom stereocenters. The number of hydrogen-bond acceptors (Lipinski definition) is 5. The van der Waals surface area contributed by atoms with Gasteiger partial charge in [0.05, 0.1) is 30.0 Å². The fourth-order valence-electron chi connectivity index (χ4n) is 3.90. The second-order valence-corrected chi connectivity index (χ2v) is 6.60. The van der Waals surface area contributed by atoms with Gasteiger partial charge in [0.25, 0.3) is 5.91 Å². The van der Waals surface area contributed by atoms with E-state index in [1.54, 1.807) is 24.7 Å². The highest BCUT2D eigenvalue weighted by Crippen LogP contribution is 2.35. The number of carbonyl (C=O) groups excluding carboxylic acids is 1. The van der Waals surface area contributed by atoms with Crippen LogP contribution in [0.1, 0.15) is 23.2 Å². The van der Waals surface area contributed by atoms with Gasteiger partial charge in [-0.25, -0.2) is 0 Å². The molecule has 1 saturated carbocycles. The molecule has 1 aliphatic carbocycles. The summed E-state index contributed by atoms with van der Waals surface area (Å²) in [5, 5.41) is 3.44. The number of pyridine rings is 2. The average molecular weight is 338 g/mol. The van der Waals surface area contributed by atoms with Gasteiger partial charge in [-0.2, -0.15) is 0 Å². The Labute approximate surface area is 147 Å². The van der Waals surface area contributed by atoms with Crippen molar-refractivity contribution < 1.29 is 9.53 Å². The number of anilines is 1. The van der Waals surface area contributed by atoms with Crippen molar-refractivity contribution in [3.63, 3.8) is 0 Å². The molecule has 1 N–H and O–H groups in total. The first-order valence-electron chi connectivity index (χ1n) is 8.79. The smallest absolute Gasteiger partial charge is 0.255 e. The van der Waals surface area contributed by atoms with Crippen molar-refractivity contribution >= 4 is 11.6 Å². The Bertz CT molecular complexity index is 710. The molecule has 0 bridgehead atoms. The number of nitrogens with one attached hydrogen (secondary N) is 1. The van der Waals surface area contributed by atoms with Crippen LogP contribution < -0.4 is 5.32 Å². The van der Waals surface area contributed by atoms with Crippen LogP contribution >= 0.6 is 0 Å². The number of amides is 1. The third kappa shape index (κ3) is 3.35. The minimum absolute atomic E-state index is 0.0623. The molecular formula is C19H22N4O2. The van der Waals surface area contributed by atoms with Crippen LogP contribution in [-0.4, -0.2) is 52.6 Å². The Hall–Kier alpha value is -2.47. The number of morpholine rings is 1. The molecule has 3 atom stereocenters. The summed E-state index contributed by atoms with van der Waals surface area (Å²) < 4.78 is 6.05. The van der Waals surface area contributed by atoms with Crippen LogP contribution in [0.3, 0.4) is 0 Å². The molecule has 1 aliphatic heterocycles. The van der Waals surface area contributed by atoms with Crippen LogP contribution in [0.2, 0.25) is 0 Å². The number of fused-ring (bicyclic) bond motifs is 1. The molecule has 2 aliphatic rings. The number of carbonyl (C=O) groups is 1. The lowest BCUT2D eigenvalue weighted by atomic mass is 10.0. The van der Waals surface area contributed by atoms with Gasteiger partial charge in [-0.15, -0.1) is 0 Å². The van der Waals surface area contributed by atoms with Crippen molar-refractivity contribution in [2.75, 3.05) is 25.0 Å². The summed E-state index contributed by atoms with van der Waals surface area (Å²) in [5.41, 5.74) is 1.67. The lowest BCUT2D eigenvalue weighted by Gasteiger charge is -2.39. The van der Waals surface area contributed by atoms with Gasteiger partial charge < -0.3 is 15.0 Å². The van der Waals surface area contributed by atoms with Crippen molar-refractivity contribution in [1.82, 2.24) is 14.9 Å². The molecule has 2 fully saturated rings. The number of aromatic nitrogens is 2. The summed E-state index contributed by atoms with van der Waals surface area (Å²) in [6.07, 6.45) is 9.06. The molecule has 3 heterocycles. The maximum atomic E-state index is 12.8. The van der Waals surface area contributed by atoms with Crippen LogP contribution in [0, 0.1) is 5.92 Å². The Morgan fingerprint density at radius 3 is 2.80 bits per heavy atom. The highest BCUT2D eigenvalue weighted by molar-refractivity contribution is 5.94. The molecule has 1 amide bonds. The molecule has 25 heavy (non-hydrogen) atoms. The molecule has 0 aromatic carbocycles.